The van der Waals surface area contributed by atoms with Crippen LogP contribution in [0.25, 0.3) is 34.5 Å². The number of halogens is 5. The number of carboxylic acids is 1. The zero-order chi connectivity index (χ0) is 33.2. The van der Waals surface area contributed by atoms with Gasteiger partial charge < -0.3 is 9.67 Å². The molecule has 4 aromatic carbocycles. The van der Waals surface area contributed by atoms with E-state index >= 15 is 0 Å². The molecule has 46 heavy (non-hydrogen) atoms. The van der Waals surface area contributed by atoms with E-state index in [1.807, 2.05) is 12.1 Å². The molecule has 13 heteroatoms. The van der Waals surface area contributed by atoms with Gasteiger partial charge in [0.2, 0.25) is 10.0 Å². The summed E-state index contributed by atoms with van der Waals surface area (Å²) in [6.07, 6.45) is 1.84. The largest absolute Gasteiger partial charge is 0.478 e. The van der Waals surface area contributed by atoms with Crippen LogP contribution >= 0.6 is 23.2 Å². The van der Waals surface area contributed by atoms with Crippen LogP contribution in [0.15, 0.2) is 91.1 Å². The fraction of sp³-hybridized carbons (Fsp3) is 0.0909. The van der Waals surface area contributed by atoms with Gasteiger partial charge >= 0.3 is 12.1 Å². The number of nitrogens with one attached hydrogen (secondary N) is 1. The van der Waals surface area contributed by atoms with Crippen LogP contribution in [0.4, 0.5) is 18.9 Å². The van der Waals surface area contributed by atoms with Crippen LogP contribution in [0.1, 0.15) is 32.9 Å². The highest BCUT2D eigenvalue weighted by Crippen LogP contribution is 2.33. The molecular formula is C33H24Cl2F3N3O4S. The lowest BCUT2D eigenvalue weighted by Crippen LogP contribution is -2.14. The van der Waals surface area contributed by atoms with Crippen molar-refractivity contribution in [2.45, 2.75) is 12.7 Å². The van der Waals surface area contributed by atoms with E-state index in [0.717, 1.165) is 29.5 Å². The highest BCUT2D eigenvalue weighted by molar-refractivity contribution is 7.92. The van der Waals surface area contributed by atoms with Crippen LogP contribution in [0.2, 0.25) is 10.0 Å². The van der Waals surface area contributed by atoms with Gasteiger partial charge in [-0.15, -0.1) is 0 Å². The van der Waals surface area contributed by atoms with E-state index in [0.29, 0.717) is 38.3 Å². The average Bonchev–Trinajstić information content (AvgIpc) is 3.38. The minimum absolute atomic E-state index is 0.0889. The summed E-state index contributed by atoms with van der Waals surface area (Å²) in [6.45, 7) is 0.114. The van der Waals surface area contributed by atoms with Gasteiger partial charge in [0, 0.05) is 16.8 Å². The van der Waals surface area contributed by atoms with E-state index in [-0.39, 0.29) is 17.8 Å². The molecule has 0 spiro atoms. The van der Waals surface area contributed by atoms with Crippen LogP contribution in [-0.4, -0.2) is 35.3 Å². The molecule has 0 aliphatic heterocycles. The number of hydrogen-bond donors (Lipinski definition) is 2. The fourth-order valence-electron chi connectivity index (χ4n) is 4.65. The Morgan fingerprint density at radius 3 is 2.17 bits per heavy atom. The van der Waals surface area contributed by atoms with Gasteiger partial charge in [0.15, 0.2) is 0 Å². The van der Waals surface area contributed by atoms with Gasteiger partial charge in [-0.05, 0) is 70.8 Å². The summed E-state index contributed by atoms with van der Waals surface area (Å²) in [5, 5.41) is 10.3. The van der Waals surface area contributed by atoms with Gasteiger partial charge in [-0.25, -0.2) is 18.2 Å². The van der Waals surface area contributed by atoms with Gasteiger partial charge in [0.1, 0.15) is 5.82 Å². The van der Waals surface area contributed by atoms with Crippen molar-refractivity contribution in [2.24, 2.45) is 0 Å². The van der Waals surface area contributed by atoms with Gasteiger partial charge in [-0.2, -0.15) is 13.2 Å². The van der Waals surface area contributed by atoms with Gasteiger partial charge in [-0.3, -0.25) is 4.72 Å². The van der Waals surface area contributed by atoms with Crippen molar-refractivity contribution in [3.8, 4) is 22.4 Å². The Balaban J connectivity index is 1.49. The first-order chi connectivity index (χ1) is 21.7. The highest BCUT2D eigenvalue weighted by atomic mass is 35.5. The molecule has 5 aromatic rings. The zero-order valence-electron chi connectivity index (χ0n) is 23.9. The standard InChI is InChI=1S/C33H24Cl2F3N3O4S/c1-46(44,45)40-29-16-23(32(42)43)7-8-24(29)18-41-19-30(27-14-13-26(34)17-28(27)35)39-31(41)15-4-20-2-5-21(6-3-20)22-9-11-25(12-10-22)33(36,37)38/h2-17,19,40H,18H2,1H3,(H,42,43)/b15-4+. The number of anilines is 1. The van der Waals surface area contributed by atoms with Crippen molar-refractivity contribution in [1.29, 1.82) is 0 Å². The molecule has 236 valence electrons. The Hall–Kier alpha value is -4.58. The van der Waals surface area contributed by atoms with Gasteiger partial charge in [-0.1, -0.05) is 71.7 Å². The lowest BCUT2D eigenvalue weighted by atomic mass is 10.0. The minimum atomic E-state index is -4.41. The number of alkyl halides is 3. The fourth-order valence-corrected chi connectivity index (χ4v) is 5.75. The molecule has 0 amide bonds. The lowest BCUT2D eigenvalue weighted by Gasteiger charge is -2.13. The number of hydrogen-bond acceptors (Lipinski definition) is 4. The van der Waals surface area contributed by atoms with Crippen molar-refractivity contribution < 1.29 is 31.5 Å². The summed E-state index contributed by atoms with van der Waals surface area (Å²) in [4.78, 5) is 16.3. The Kier molecular flexibility index (Phi) is 9.29. The number of aromatic carboxylic acids is 1. The molecule has 0 aliphatic rings. The van der Waals surface area contributed by atoms with Crippen molar-refractivity contribution in [2.75, 3.05) is 11.0 Å². The smallest absolute Gasteiger partial charge is 0.416 e. The summed E-state index contributed by atoms with van der Waals surface area (Å²) in [5.41, 5.74) is 3.06. The molecule has 0 saturated carbocycles. The van der Waals surface area contributed by atoms with Crippen LogP contribution in [0.3, 0.4) is 0 Å². The van der Waals surface area contributed by atoms with E-state index in [1.54, 1.807) is 53.2 Å². The number of rotatable bonds is 9. The maximum absolute atomic E-state index is 12.9. The van der Waals surface area contributed by atoms with Crippen LogP contribution in [0, 0.1) is 0 Å². The summed E-state index contributed by atoms with van der Waals surface area (Å²) < 4.78 is 67.1. The molecular weight excluding hydrogens is 662 g/mol. The molecule has 1 heterocycles. The van der Waals surface area contributed by atoms with E-state index in [1.165, 1.54) is 30.3 Å². The number of aromatic nitrogens is 2. The van der Waals surface area contributed by atoms with Gasteiger partial charge in [0.25, 0.3) is 0 Å². The molecule has 2 N–H and O–H groups in total. The minimum Gasteiger partial charge on any atom is -0.478 e. The zero-order valence-corrected chi connectivity index (χ0v) is 26.2. The number of imidazole rings is 1. The predicted molar refractivity (Wildman–Crippen MR) is 174 cm³/mol. The second-order valence-electron chi connectivity index (χ2n) is 10.3. The maximum atomic E-state index is 12.9. The first kappa shape index (κ1) is 32.8. The Morgan fingerprint density at radius 1 is 0.935 bits per heavy atom. The average molecular weight is 687 g/mol. The number of carboxylic acid groups (broad SMARTS) is 1. The molecule has 0 unspecified atom stereocenters. The normalized spacial score (nSPS) is 12.0. The quantitative estimate of drug-likeness (QED) is 0.161. The monoisotopic (exact) mass is 685 g/mol. The summed E-state index contributed by atoms with van der Waals surface area (Å²) in [5.74, 6) is -0.737. The first-order valence-corrected chi connectivity index (χ1v) is 16.1. The Morgan fingerprint density at radius 2 is 1.59 bits per heavy atom. The molecule has 7 nitrogen and oxygen atoms in total. The second kappa shape index (κ2) is 13.0. The highest BCUT2D eigenvalue weighted by Gasteiger charge is 2.30. The summed E-state index contributed by atoms with van der Waals surface area (Å²) >= 11 is 12.5. The third-order valence-electron chi connectivity index (χ3n) is 6.89. The van der Waals surface area contributed by atoms with Crippen molar-refractivity contribution in [3.63, 3.8) is 0 Å². The van der Waals surface area contributed by atoms with Crippen LogP contribution in [-0.2, 0) is 22.7 Å². The molecule has 0 bridgehead atoms. The molecule has 0 fully saturated rings. The topological polar surface area (TPSA) is 101 Å². The molecule has 5 rings (SSSR count). The molecule has 0 saturated heterocycles. The van der Waals surface area contributed by atoms with Crippen molar-refractivity contribution in [1.82, 2.24) is 9.55 Å². The van der Waals surface area contributed by atoms with E-state index in [9.17, 15) is 31.5 Å². The third-order valence-corrected chi connectivity index (χ3v) is 8.03. The number of nitrogens with zero attached hydrogens (tertiary/aromatic N) is 2. The van der Waals surface area contributed by atoms with Crippen LogP contribution < -0.4 is 4.72 Å². The lowest BCUT2D eigenvalue weighted by molar-refractivity contribution is -0.137. The summed E-state index contributed by atoms with van der Waals surface area (Å²) in [7, 11) is -3.73. The van der Waals surface area contributed by atoms with Crippen LogP contribution in [0.5, 0.6) is 0 Å². The Labute approximate surface area is 272 Å². The van der Waals surface area contributed by atoms with Gasteiger partial charge in [0.05, 0.1) is 40.3 Å². The van der Waals surface area contributed by atoms with E-state index < -0.39 is 27.7 Å². The summed E-state index contributed by atoms with van der Waals surface area (Å²) in [6, 6.07) is 21.3. The number of carbonyl (C=O) groups is 1. The van der Waals surface area contributed by atoms with Crippen molar-refractivity contribution >= 4 is 57.0 Å². The maximum Gasteiger partial charge on any atom is 0.416 e. The molecule has 0 radical (unpaired) electrons. The third kappa shape index (κ3) is 7.97. The van der Waals surface area contributed by atoms with E-state index in [2.05, 4.69) is 4.72 Å². The molecule has 0 atom stereocenters. The number of benzene rings is 4. The molecule has 1 aromatic heterocycles. The van der Waals surface area contributed by atoms with Crippen molar-refractivity contribution in [3.05, 3.63) is 129 Å². The number of sulfonamides is 1. The molecule has 0 aliphatic carbocycles. The van der Waals surface area contributed by atoms with E-state index in [4.69, 9.17) is 28.2 Å². The first-order valence-electron chi connectivity index (χ1n) is 13.5. The predicted octanol–water partition coefficient (Wildman–Crippen LogP) is 8.83. The Bertz CT molecular complexity index is 2060. The SMILES string of the molecule is CS(=O)(=O)Nc1cc(C(=O)O)ccc1Cn1cc(-c2ccc(Cl)cc2Cl)nc1/C=C/c1ccc(-c2ccc(C(F)(F)F)cc2)cc1. The second-order valence-corrected chi connectivity index (χ2v) is 12.9.